The molecule has 0 amide bonds. The number of likely N-dealkylation sites (N-methyl/N-ethyl adjacent to an activating group) is 1. The first-order valence-electron chi connectivity index (χ1n) is 8.99. The molecule has 1 heterocycles. The number of hydrogen-bond donors (Lipinski definition) is 1. The Morgan fingerprint density at radius 2 is 2.16 bits per heavy atom. The van der Waals surface area contributed by atoms with Crippen LogP contribution in [0.25, 0.3) is 22.7 Å². The van der Waals surface area contributed by atoms with Gasteiger partial charge in [0.1, 0.15) is 5.84 Å². The van der Waals surface area contributed by atoms with Crippen LogP contribution in [-0.4, -0.2) is 35.3 Å². The molecule has 2 aromatic carbocycles. The van der Waals surface area contributed by atoms with Gasteiger partial charge in [0.25, 0.3) is 5.66 Å². The van der Waals surface area contributed by atoms with Crippen molar-refractivity contribution in [2.24, 2.45) is 4.99 Å². The highest BCUT2D eigenvalue weighted by Gasteiger charge is 2.29. The van der Waals surface area contributed by atoms with E-state index in [9.17, 15) is 13.6 Å². The molecule has 6 nitrogen and oxygen atoms in total. The van der Waals surface area contributed by atoms with Crippen molar-refractivity contribution in [1.82, 2.24) is 15.1 Å². The highest BCUT2D eigenvalue weighted by Crippen LogP contribution is 2.39. The standard InChI is InChI=1S/C21H18F2N5OPS/c1-25-20(26-2)19(31-12-29)9-14-4-3-5-17-15(14)11-28(27-17)18-7-6-13(10-24)8-16(18)21(22,23)30/h3-9,11-12H,30H2,1-2H3,(H,25,26)/b19-9-. The summed E-state index contributed by atoms with van der Waals surface area (Å²) in [5.41, 5.74) is -1.22. The second kappa shape index (κ2) is 9.38. The average Bonchev–Trinajstić information content (AvgIpc) is 3.19. The molecule has 31 heavy (non-hydrogen) atoms. The second-order valence-corrected chi connectivity index (χ2v) is 7.96. The van der Waals surface area contributed by atoms with Crippen LogP contribution in [0.5, 0.6) is 0 Å². The summed E-state index contributed by atoms with van der Waals surface area (Å²) in [4.78, 5) is 15.8. The summed E-state index contributed by atoms with van der Waals surface area (Å²) in [6.07, 6.45) is 3.43. The molecule has 10 heteroatoms. The number of carbonyl (C=O) groups is 1. The highest BCUT2D eigenvalue weighted by atomic mass is 32.2. The Labute approximate surface area is 184 Å². The maximum absolute atomic E-state index is 14.2. The van der Waals surface area contributed by atoms with Crippen molar-refractivity contribution >= 4 is 49.4 Å². The summed E-state index contributed by atoms with van der Waals surface area (Å²) >= 11 is 0.978. The van der Waals surface area contributed by atoms with Gasteiger partial charge in [0.05, 0.1) is 33.3 Å². The number of nitrogens with one attached hydrogen (secondary N) is 1. The first-order chi connectivity index (χ1) is 14.8. The summed E-state index contributed by atoms with van der Waals surface area (Å²) in [7, 11) is 4.81. The third-order valence-electron chi connectivity index (χ3n) is 4.47. The largest absolute Gasteiger partial charge is 0.373 e. The quantitative estimate of drug-likeness (QED) is 0.258. The fourth-order valence-electron chi connectivity index (χ4n) is 3.08. The van der Waals surface area contributed by atoms with E-state index in [4.69, 9.17) is 5.26 Å². The van der Waals surface area contributed by atoms with E-state index in [-0.39, 0.29) is 16.8 Å². The summed E-state index contributed by atoms with van der Waals surface area (Å²) in [6.45, 7) is 0. The zero-order valence-corrected chi connectivity index (χ0v) is 18.6. The Morgan fingerprint density at radius 1 is 1.39 bits per heavy atom. The number of aromatic nitrogens is 2. The normalized spacial score (nSPS) is 12.6. The number of fused-ring (bicyclic) bond motifs is 1. The molecule has 0 radical (unpaired) electrons. The second-order valence-electron chi connectivity index (χ2n) is 6.37. The molecule has 1 atom stereocenters. The van der Waals surface area contributed by atoms with Gasteiger partial charge in [0.15, 0.2) is 5.62 Å². The van der Waals surface area contributed by atoms with E-state index in [1.807, 2.05) is 12.1 Å². The highest BCUT2D eigenvalue weighted by molar-refractivity contribution is 8.16. The molecule has 3 rings (SSSR count). The lowest BCUT2D eigenvalue weighted by molar-refractivity contribution is 0.104. The van der Waals surface area contributed by atoms with Crippen LogP contribution < -0.4 is 5.32 Å². The summed E-state index contributed by atoms with van der Waals surface area (Å²) in [6, 6.07) is 11.4. The SMILES string of the molecule is CN=C(NC)/C(=C/c1cccc2nn(-c3ccc(C#N)cc3C(F)(F)P)cc12)SC=O. The topological polar surface area (TPSA) is 83.1 Å². The van der Waals surface area contributed by atoms with Gasteiger partial charge >= 0.3 is 0 Å². The molecule has 1 aromatic heterocycles. The number of rotatable bonds is 6. The molecule has 0 fully saturated rings. The molecule has 0 aliphatic rings. The van der Waals surface area contributed by atoms with Gasteiger partial charge in [0, 0.05) is 25.7 Å². The van der Waals surface area contributed by atoms with Crippen LogP contribution in [0.4, 0.5) is 8.78 Å². The van der Waals surface area contributed by atoms with Gasteiger partial charge in [0.2, 0.25) is 0 Å². The van der Waals surface area contributed by atoms with Gasteiger partial charge in [-0.3, -0.25) is 9.79 Å². The van der Waals surface area contributed by atoms with Gasteiger partial charge < -0.3 is 5.32 Å². The number of carbonyl (C=O) groups excluding carboxylic acids is 1. The van der Waals surface area contributed by atoms with E-state index in [0.717, 1.165) is 23.4 Å². The van der Waals surface area contributed by atoms with E-state index in [1.165, 1.54) is 26.1 Å². The Bertz CT molecular complexity index is 1240. The van der Waals surface area contributed by atoms with Crippen LogP contribution in [0.3, 0.4) is 0 Å². The summed E-state index contributed by atoms with van der Waals surface area (Å²) in [5, 5.41) is 17.2. The summed E-state index contributed by atoms with van der Waals surface area (Å²) < 4.78 is 29.8. The molecule has 0 bridgehead atoms. The molecule has 1 N–H and O–H groups in total. The third kappa shape index (κ3) is 4.82. The molecule has 3 aromatic rings. The number of nitriles is 1. The number of nitrogens with zero attached hydrogens (tertiary/aromatic N) is 4. The number of halogens is 2. The van der Waals surface area contributed by atoms with Gasteiger partial charge in [-0.05, 0) is 35.9 Å². The van der Waals surface area contributed by atoms with Crippen LogP contribution in [0, 0.1) is 11.3 Å². The van der Waals surface area contributed by atoms with E-state index < -0.39 is 5.66 Å². The minimum absolute atomic E-state index is 0.134. The molecular formula is C21H18F2N5OPS. The Morgan fingerprint density at radius 3 is 2.77 bits per heavy atom. The smallest absolute Gasteiger partial charge is 0.285 e. The molecular weight excluding hydrogens is 439 g/mol. The van der Waals surface area contributed by atoms with E-state index in [2.05, 4.69) is 15.4 Å². The van der Waals surface area contributed by atoms with E-state index >= 15 is 0 Å². The molecule has 1 unspecified atom stereocenters. The van der Waals surface area contributed by atoms with Crippen LogP contribution in [-0.2, 0) is 10.5 Å². The zero-order chi connectivity index (χ0) is 22.6. The molecule has 0 spiro atoms. The van der Waals surface area contributed by atoms with Crippen LogP contribution in [0.1, 0.15) is 16.7 Å². The molecule has 0 saturated carbocycles. The molecule has 158 valence electrons. The molecule has 0 saturated heterocycles. The van der Waals surface area contributed by atoms with Gasteiger partial charge in [-0.2, -0.15) is 19.1 Å². The number of thioether (sulfide) groups is 1. The van der Waals surface area contributed by atoms with Crippen LogP contribution in [0.15, 0.2) is 52.5 Å². The lowest BCUT2D eigenvalue weighted by Gasteiger charge is -2.15. The fraction of sp³-hybridized carbons (Fsp3) is 0.143. The number of amidine groups is 1. The summed E-state index contributed by atoms with van der Waals surface area (Å²) in [5.74, 6) is 0.540. The minimum Gasteiger partial charge on any atom is -0.373 e. The first-order valence-corrected chi connectivity index (χ1v) is 10.4. The maximum atomic E-state index is 14.2. The lowest BCUT2D eigenvalue weighted by atomic mass is 10.1. The molecule has 0 aliphatic carbocycles. The Hall–Kier alpha value is -3.08. The van der Waals surface area contributed by atoms with Crippen molar-refractivity contribution in [3.63, 3.8) is 0 Å². The van der Waals surface area contributed by atoms with E-state index in [1.54, 1.807) is 38.5 Å². The monoisotopic (exact) mass is 457 g/mol. The maximum Gasteiger partial charge on any atom is 0.285 e. The number of hydrogen-bond acceptors (Lipinski definition) is 5. The first kappa shape index (κ1) is 22.6. The van der Waals surface area contributed by atoms with Crippen molar-refractivity contribution in [3.8, 4) is 11.8 Å². The van der Waals surface area contributed by atoms with E-state index in [0.29, 0.717) is 27.3 Å². The van der Waals surface area contributed by atoms with Crippen molar-refractivity contribution in [2.45, 2.75) is 5.66 Å². The van der Waals surface area contributed by atoms with Gasteiger partial charge in [-0.15, -0.1) is 0 Å². The fourth-order valence-corrected chi connectivity index (χ4v) is 3.92. The minimum atomic E-state index is -3.24. The van der Waals surface area contributed by atoms with Crippen molar-refractivity contribution in [3.05, 3.63) is 64.2 Å². The number of benzene rings is 2. The van der Waals surface area contributed by atoms with Crippen molar-refractivity contribution < 1.29 is 13.6 Å². The molecule has 0 aliphatic heterocycles. The number of aliphatic imine (C=N–C) groups is 1. The Kier molecular flexibility index (Phi) is 6.84. The third-order valence-corrected chi connectivity index (χ3v) is 5.44. The van der Waals surface area contributed by atoms with Crippen LogP contribution in [0.2, 0.25) is 0 Å². The lowest BCUT2D eigenvalue weighted by Crippen LogP contribution is -2.19. The average molecular weight is 457 g/mol. The predicted octanol–water partition coefficient (Wildman–Crippen LogP) is 4.33. The van der Waals surface area contributed by atoms with Crippen molar-refractivity contribution in [1.29, 1.82) is 5.26 Å². The predicted molar refractivity (Wildman–Crippen MR) is 124 cm³/mol. The van der Waals surface area contributed by atoms with Gasteiger partial charge in [-0.25, -0.2) is 4.68 Å². The zero-order valence-electron chi connectivity index (χ0n) is 16.6. The number of alkyl halides is 2. The van der Waals surface area contributed by atoms with Gasteiger partial charge in [-0.1, -0.05) is 33.1 Å². The van der Waals surface area contributed by atoms with Crippen molar-refractivity contribution in [2.75, 3.05) is 14.1 Å². The van der Waals surface area contributed by atoms with Crippen LogP contribution >= 0.6 is 21.0 Å². The Balaban J connectivity index is 2.20.